The third-order valence-electron chi connectivity index (χ3n) is 2.40. The second kappa shape index (κ2) is 5.60. The summed E-state index contributed by atoms with van der Waals surface area (Å²) >= 11 is 1.36. The van der Waals surface area contributed by atoms with Crippen LogP contribution in [0.5, 0.6) is 5.75 Å². The van der Waals surface area contributed by atoms with Crippen LogP contribution in [0.1, 0.15) is 10.8 Å². The molecular formula is C14H12NO2S. The normalized spacial score (nSPS) is 12.0. The number of benzene rings is 2. The third-order valence-corrected chi connectivity index (χ3v) is 3.68. The van der Waals surface area contributed by atoms with E-state index in [9.17, 15) is 9.90 Å². The minimum atomic E-state index is -0.441. The van der Waals surface area contributed by atoms with E-state index in [1.165, 1.54) is 11.8 Å². The number of rotatable bonds is 4. The van der Waals surface area contributed by atoms with Crippen LogP contribution in [0.2, 0.25) is 0 Å². The van der Waals surface area contributed by atoms with E-state index >= 15 is 0 Å². The van der Waals surface area contributed by atoms with Crippen LogP contribution in [0, 0.1) is 6.07 Å². The van der Waals surface area contributed by atoms with Gasteiger partial charge in [-0.1, -0.05) is 24.3 Å². The maximum Gasteiger partial charge on any atom is 0.235 e. The number of hydrogen-bond donors (Lipinski definition) is 2. The zero-order valence-electron chi connectivity index (χ0n) is 9.54. The Morgan fingerprint density at radius 2 is 1.78 bits per heavy atom. The fourth-order valence-corrected chi connectivity index (χ4v) is 2.50. The van der Waals surface area contributed by atoms with Gasteiger partial charge in [-0.2, -0.15) is 0 Å². The number of aromatic hydroxyl groups is 1. The van der Waals surface area contributed by atoms with Gasteiger partial charge in [0, 0.05) is 4.90 Å². The molecule has 0 aliphatic carbocycles. The standard InChI is InChI=1S/C14H12NO2S/c15-14(17)13(10-4-2-1-3-5-10)18-12-8-6-11(16)7-9-12/h2-9,13,16H,(H2,15,17). The van der Waals surface area contributed by atoms with Crippen molar-refractivity contribution in [3.05, 3.63) is 60.2 Å². The summed E-state index contributed by atoms with van der Waals surface area (Å²) in [6.07, 6.45) is 0. The first-order valence-electron chi connectivity index (χ1n) is 5.38. The van der Waals surface area contributed by atoms with E-state index in [4.69, 9.17) is 5.73 Å². The van der Waals surface area contributed by atoms with Crippen molar-refractivity contribution in [2.75, 3.05) is 0 Å². The van der Waals surface area contributed by atoms with Gasteiger partial charge < -0.3 is 10.8 Å². The monoisotopic (exact) mass is 258 g/mol. The molecule has 18 heavy (non-hydrogen) atoms. The molecule has 0 aliphatic rings. The number of nitrogens with two attached hydrogens (primary N) is 1. The fraction of sp³-hybridized carbons (Fsp3) is 0.0714. The van der Waals surface area contributed by atoms with E-state index in [0.717, 1.165) is 10.5 Å². The molecular weight excluding hydrogens is 246 g/mol. The van der Waals surface area contributed by atoms with Gasteiger partial charge in [-0.05, 0) is 35.9 Å². The van der Waals surface area contributed by atoms with Crippen molar-refractivity contribution in [2.24, 2.45) is 5.73 Å². The van der Waals surface area contributed by atoms with Gasteiger partial charge in [0.25, 0.3) is 0 Å². The third kappa shape index (κ3) is 3.05. The molecule has 0 heterocycles. The first kappa shape index (κ1) is 12.5. The van der Waals surface area contributed by atoms with Gasteiger partial charge in [-0.25, -0.2) is 0 Å². The number of thioether (sulfide) groups is 1. The second-order valence-electron chi connectivity index (χ2n) is 3.73. The highest BCUT2D eigenvalue weighted by Gasteiger charge is 2.18. The van der Waals surface area contributed by atoms with E-state index in [0.29, 0.717) is 0 Å². The van der Waals surface area contributed by atoms with E-state index in [1.807, 2.05) is 12.1 Å². The van der Waals surface area contributed by atoms with Crippen molar-refractivity contribution in [3.8, 4) is 5.75 Å². The average molecular weight is 258 g/mol. The highest BCUT2D eigenvalue weighted by Crippen LogP contribution is 2.35. The van der Waals surface area contributed by atoms with Crippen molar-refractivity contribution < 1.29 is 9.90 Å². The molecule has 2 aromatic carbocycles. The minimum Gasteiger partial charge on any atom is -0.508 e. The van der Waals surface area contributed by atoms with E-state index in [-0.39, 0.29) is 11.7 Å². The lowest BCUT2D eigenvalue weighted by molar-refractivity contribution is -0.117. The second-order valence-corrected chi connectivity index (χ2v) is 4.91. The summed E-state index contributed by atoms with van der Waals surface area (Å²) in [6.45, 7) is 0. The Morgan fingerprint density at radius 1 is 1.17 bits per heavy atom. The molecule has 1 atom stereocenters. The van der Waals surface area contributed by atoms with E-state index < -0.39 is 5.25 Å². The van der Waals surface area contributed by atoms with Gasteiger partial charge in [-0.15, -0.1) is 11.8 Å². The number of amides is 1. The molecule has 1 unspecified atom stereocenters. The van der Waals surface area contributed by atoms with Crippen LogP contribution in [0.3, 0.4) is 0 Å². The average Bonchev–Trinajstić information content (AvgIpc) is 2.38. The number of hydrogen-bond acceptors (Lipinski definition) is 3. The molecule has 0 saturated heterocycles. The zero-order valence-corrected chi connectivity index (χ0v) is 10.4. The van der Waals surface area contributed by atoms with Crippen LogP contribution < -0.4 is 5.73 Å². The topological polar surface area (TPSA) is 63.3 Å². The molecule has 91 valence electrons. The summed E-state index contributed by atoms with van der Waals surface area (Å²) < 4.78 is 0. The molecule has 0 aliphatic heterocycles. The number of carbonyl (C=O) groups excluding carboxylic acids is 1. The molecule has 0 fully saturated rings. The van der Waals surface area contributed by atoms with Crippen molar-refractivity contribution in [3.63, 3.8) is 0 Å². The summed E-state index contributed by atoms with van der Waals surface area (Å²) in [5, 5.41) is 8.77. The molecule has 0 saturated carbocycles. The Hall–Kier alpha value is -1.94. The van der Waals surface area contributed by atoms with E-state index in [2.05, 4.69) is 6.07 Å². The van der Waals surface area contributed by atoms with Crippen LogP contribution in [0.25, 0.3) is 0 Å². The predicted molar refractivity (Wildman–Crippen MR) is 71.2 cm³/mol. The van der Waals surface area contributed by atoms with Crippen LogP contribution in [0.15, 0.2) is 53.4 Å². The lowest BCUT2D eigenvalue weighted by atomic mass is 10.1. The first-order valence-corrected chi connectivity index (χ1v) is 6.26. The zero-order chi connectivity index (χ0) is 13.0. The molecule has 3 nitrogen and oxygen atoms in total. The molecule has 0 aromatic heterocycles. The molecule has 2 rings (SSSR count). The number of carbonyl (C=O) groups is 1. The molecule has 3 N–H and O–H groups in total. The van der Waals surface area contributed by atoms with Crippen LogP contribution >= 0.6 is 11.8 Å². The maximum atomic E-state index is 11.5. The van der Waals surface area contributed by atoms with Crippen molar-refractivity contribution in [1.29, 1.82) is 0 Å². The minimum absolute atomic E-state index is 0.198. The Balaban J connectivity index is 2.22. The molecule has 2 aromatic rings. The lowest BCUT2D eigenvalue weighted by Gasteiger charge is -2.13. The summed E-state index contributed by atoms with van der Waals surface area (Å²) in [6, 6.07) is 16.7. The van der Waals surface area contributed by atoms with Crippen LogP contribution in [0.4, 0.5) is 0 Å². The number of primary amides is 1. The summed E-state index contributed by atoms with van der Waals surface area (Å²) in [4.78, 5) is 12.4. The Labute approximate surface area is 110 Å². The summed E-state index contributed by atoms with van der Waals surface area (Å²) in [5.74, 6) is -0.191. The quantitative estimate of drug-likeness (QED) is 0.828. The Morgan fingerprint density at radius 3 is 2.33 bits per heavy atom. The highest BCUT2D eigenvalue weighted by atomic mass is 32.2. The van der Waals surface area contributed by atoms with Crippen LogP contribution in [-0.4, -0.2) is 11.0 Å². The Bertz CT molecular complexity index is 525. The van der Waals surface area contributed by atoms with Gasteiger partial charge in [0.05, 0.1) is 0 Å². The smallest absolute Gasteiger partial charge is 0.235 e. The SMILES string of the molecule is NC(=O)C(Sc1ccc(O)cc1)c1cc[c]cc1. The lowest BCUT2D eigenvalue weighted by Crippen LogP contribution is -2.18. The summed E-state index contributed by atoms with van der Waals surface area (Å²) in [5.41, 5.74) is 6.27. The van der Waals surface area contributed by atoms with Crippen molar-refractivity contribution in [1.82, 2.24) is 0 Å². The maximum absolute atomic E-state index is 11.5. The van der Waals surface area contributed by atoms with Crippen LogP contribution in [-0.2, 0) is 4.79 Å². The van der Waals surface area contributed by atoms with E-state index in [1.54, 1.807) is 36.4 Å². The van der Waals surface area contributed by atoms with Gasteiger partial charge in [0.2, 0.25) is 5.91 Å². The fourth-order valence-electron chi connectivity index (χ4n) is 1.53. The molecule has 0 spiro atoms. The number of phenols is 1. The largest absolute Gasteiger partial charge is 0.508 e. The Kier molecular flexibility index (Phi) is 3.89. The highest BCUT2D eigenvalue weighted by molar-refractivity contribution is 8.00. The van der Waals surface area contributed by atoms with Crippen molar-refractivity contribution >= 4 is 17.7 Å². The predicted octanol–water partition coefficient (Wildman–Crippen LogP) is 2.51. The molecule has 0 bridgehead atoms. The first-order chi connectivity index (χ1) is 8.66. The molecule has 1 amide bonds. The van der Waals surface area contributed by atoms with Gasteiger partial charge in [0.1, 0.15) is 11.0 Å². The molecule has 4 heteroatoms. The molecule has 1 radical (unpaired) electrons. The van der Waals surface area contributed by atoms with Gasteiger partial charge >= 0.3 is 0 Å². The van der Waals surface area contributed by atoms with Crippen molar-refractivity contribution in [2.45, 2.75) is 10.1 Å². The van der Waals surface area contributed by atoms with Gasteiger partial charge in [-0.3, -0.25) is 4.79 Å². The summed E-state index contributed by atoms with van der Waals surface area (Å²) in [7, 11) is 0. The number of phenolic OH excluding ortho intramolecular Hbond substituents is 1. The van der Waals surface area contributed by atoms with Gasteiger partial charge in [0.15, 0.2) is 0 Å².